The molecule has 25 heavy (non-hydrogen) atoms. The zero-order valence-corrected chi connectivity index (χ0v) is 13.1. The van der Waals surface area contributed by atoms with Gasteiger partial charge in [-0.2, -0.15) is 4.52 Å². The number of fused-ring (bicyclic) bond motifs is 1. The van der Waals surface area contributed by atoms with E-state index in [0.717, 1.165) is 0 Å². The van der Waals surface area contributed by atoms with Gasteiger partial charge in [-0.25, -0.2) is 8.78 Å². The summed E-state index contributed by atoms with van der Waals surface area (Å²) < 4.78 is 34.7. The molecule has 2 heterocycles. The molecular formula is C18H12F2N4O. The Kier molecular flexibility index (Phi) is 3.61. The summed E-state index contributed by atoms with van der Waals surface area (Å²) in [5.74, 6) is -0.00214. The third-order valence-electron chi connectivity index (χ3n) is 3.72. The third-order valence-corrected chi connectivity index (χ3v) is 3.72. The standard InChI is InChI=1S/C18H12F2N4O/c1-11-6-7-12(10-15(11)20)25-17-9-8-16-21-22-18(24(16)23-17)13-4-2-3-5-14(13)19/h2-10H,1H3. The number of hydrogen-bond donors (Lipinski definition) is 0. The molecular weight excluding hydrogens is 326 g/mol. The number of rotatable bonds is 3. The number of aromatic nitrogens is 4. The first-order valence-electron chi connectivity index (χ1n) is 7.53. The molecule has 0 unspecified atom stereocenters. The van der Waals surface area contributed by atoms with E-state index >= 15 is 0 Å². The van der Waals surface area contributed by atoms with E-state index in [4.69, 9.17) is 4.74 Å². The molecule has 2 aromatic heterocycles. The van der Waals surface area contributed by atoms with Crippen LogP contribution in [0.15, 0.2) is 54.6 Å². The van der Waals surface area contributed by atoms with Crippen molar-refractivity contribution in [3.8, 4) is 23.0 Å². The first-order chi connectivity index (χ1) is 12.1. The molecule has 0 atom stereocenters. The van der Waals surface area contributed by atoms with Crippen LogP contribution in [0.25, 0.3) is 17.0 Å². The van der Waals surface area contributed by atoms with Gasteiger partial charge in [0.15, 0.2) is 11.5 Å². The van der Waals surface area contributed by atoms with E-state index in [0.29, 0.717) is 17.0 Å². The van der Waals surface area contributed by atoms with Gasteiger partial charge >= 0.3 is 0 Å². The molecule has 0 radical (unpaired) electrons. The number of nitrogens with zero attached hydrogens (tertiary/aromatic N) is 4. The lowest BCUT2D eigenvalue weighted by Gasteiger charge is -2.07. The van der Waals surface area contributed by atoms with E-state index in [2.05, 4.69) is 15.3 Å². The molecule has 4 aromatic rings. The summed E-state index contributed by atoms with van der Waals surface area (Å²) in [6.45, 7) is 1.67. The van der Waals surface area contributed by atoms with Crippen molar-refractivity contribution in [2.45, 2.75) is 6.92 Å². The smallest absolute Gasteiger partial charge is 0.237 e. The minimum Gasteiger partial charge on any atom is -0.437 e. The van der Waals surface area contributed by atoms with Crippen LogP contribution < -0.4 is 4.74 Å². The summed E-state index contributed by atoms with van der Waals surface area (Å²) in [6, 6.07) is 14.0. The quantitative estimate of drug-likeness (QED) is 0.562. The lowest BCUT2D eigenvalue weighted by molar-refractivity contribution is 0.448. The fourth-order valence-electron chi connectivity index (χ4n) is 2.39. The molecule has 7 heteroatoms. The van der Waals surface area contributed by atoms with Crippen LogP contribution in [-0.2, 0) is 0 Å². The molecule has 124 valence electrons. The van der Waals surface area contributed by atoms with E-state index in [1.165, 1.54) is 16.6 Å². The topological polar surface area (TPSA) is 52.3 Å². The van der Waals surface area contributed by atoms with Gasteiger partial charge < -0.3 is 4.74 Å². The molecule has 0 fully saturated rings. The van der Waals surface area contributed by atoms with Gasteiger partial charge in [0.1, 0.15) is 17.4 Å². The second kappa shape index (κ2) is 5.94. The van der Waals surface area contributed by atoms with Crippen LogP contribution in [0.1, 0.15) is 5.56 Å². The highest BCUT2D eigenvalue weighted by molar-refractivity contribution is 5.59. The van der Waals surface area contributed by atoms with E-state index in [1.54, 1.807) is 49.4 Å². The monoisotopic (exact) mass is 338 g/mol. The summed E-state index contributed by atoms with van der Waals surface area (Å²) in [5, 5.41) is 12.3. The maximum atomic E-state index is 14.0. The average Bonchev–Trinajstić information content (AvgIpc) is 3.02. The Morgan fingerprint density at radius 2 is 1.76 bits per heavy atom. The number of hydrogen-bond acceptors (Lipinski definition) is 4. The van der Waals surface area contributed by atoms with Crippen LogP contribution in [0.2, 0.25) is 0 Å². The second-order valence-corrected chi connectivity index (χ2v) is 5.46. The Morgan fingerprint density at radius 1 is 0.920 bits per heavy atom. The van der Waals surface area contributed by atoms with Crippen molar-refractivity contribution in [2.24, 2.45) is 0 Å². The maximum absolute atomic E-state index is 14.0. The Bertz CT molecular complexity index is 1080. The van der Waals surface area contributed by atoms with Crippen LogP contribution in [0.4, 0.5) is 8.78 Å². The zero-order valence-electron chi connectivity index (χ0n) is 13.1. The van der Waals surface area contributed by atoms with Gasteiger partial charge in [-0.15, -0.1) is 15.3 Å². The second-order valence-electron chi connectivity index (χ2n) is 5.46. The van der Waals surface area contributed by atoms with E-state index in [1.807, 2.05) is 0 Å². The van der Waals surface area contributed by atoms with Crippen molar-refractivity contribution in [3.63, 3.8) is 0 Å². The van der Waals surface area contributed by atoms with Crippen molar-refractivity contribution in [2.75, 3.05) is 0 Å². The molecule has 4 rings (SSSR count). The number of ether oxygens (including phenoxy) is 1. The summed E-state index contributed by atoms with van der Waals surface area (Å²) in [6.07, 6.45) is 0. The Morgan fingerprint density at radius 3 is 2.56 bits per heavy atom. The third kappa shape index (κ3) is 2.80. The molecule has 0 N–H and O–H groups in total. The van der Waals surface area contributed by atoms with Crippen LogP contribution >= 0.6 is 0 Å². The van der Waals surface area contributed by atoms with Gasteiger partial charge in [-0.1, -0.05) is 18.2 Å². The maximum Gasteiger partial charge on any atom is 0.237 e. The summed E-state index contributed by atoms with van der Waals surface area (Å²) in [5.41, 5.74) is 1.25. The lowest BCUT2D eigenvalue weighted by Crippen LogP contribution is -1.99. The highest BCUT2D eigenvalue weighted by Gasteiger charge is 2.14. The Balaban J connectivity index is 1.76. The highest BCUT2D eigenvalue weighted by Crippen LogP contribution is 2.24. The van der Waals surface area contributed by atoms with Crippen LogP contribution in [0.5, 0.6) is 11.6 Å². The Labute approximate surface area is 141 Å². The molecule has 0 aliphatic rings. The van der Waals surface area contributed by atoms with Crippen molar-refractivity contribution >= 4 is 5.65 Å². The van der Waals surface area contributed by atoms with Gasteiger partial charge in [0, 0.05) is 12.1 Å². The molecule has 0 saturated carbocycles. The minimum absolute atomic E-state index is 0.216. The van der Waals surface area contributed by atoms with Crippen molar-refractivity contribution in [1.29, 1.82) is 0 Å². The molecule has 0 aliphatic heterocycles. The normalized spacial score (nSPS) is 11.0. The molecule has 0 bridgehead atoms. The first-order valence-corrected chi connectivity index (χ1v) is 7.53. The fraction of sp³-hybridized carbons (Fsp3) is 0.0556. The van der Waals surface area contributed by atoms with Gasteiger partial charge in [0.05, 0.1) is 5.56 Å². The van der Waals surface area contributed by atoms with Crippen molar-refractivity contribution < 1.29 is 13.5 Å². The van der Waals surface area contributed by atoms with E-state index < -0.39 is 5.82 Å². The predicted octanol–water partition coefficient (Wildman–Crippen LogP) is 4.17. The molecule has 0 spiro atoms. The summed E-state index contributed by atoms with van der Waals surface area (Å²) in [4.78, 5) is 0. The SMILES string of the molecule is Cc1ccc(Oc2ccc3nnc(-c4ccccc4F)n3n2)cc1F. The summed E-state index contributed by atoms with van der Waals surface area (Å²) in [7, 11) is 0. The highest BCUT2D eigenvalue weighted by atomic mass is 19.1. The number of halogens is 2. The zero-order chi connectivity index (χ0) is 17.4. The molecule has 0 amide bonds. The fourth-order valence-corrected chi connectivity index (χ4v) is 2.39. The van der Waals surface area contributed by atoms with E-state index in [-0.39, 0.29) is 23.1 Å². The van der Waals surface area contributed by atoms with Gasteiger partial charge in [0.25, 0.3) is 0 Å². The minimum atomic E-state index is -0.425. The van der Waals surface area contributed by atoms with Crippen LogP contribution in [0, 0.1) is 18.6 Å². The van der Waals surface area contributed by atoms with Gasteiger partial charge in [-0.3, -0.25) is 0 Å². The first kappa shape index (κ1) is 15.2. The molecule has 5 nitrogen and oxygen atoms in total. The average molecular weight is 338 g/mol. The van der Waals surface area contributed by atoms with Crippen molar-refractivity contribution in [3.05, 3.63) is 71.8 Å². The lowest BCUT2D eigenvalue weighted by atomic mass is 10.2. The van der Waals surface area contributed by atoms with Gasteiger partial charge in [0.2, 0.25) is 5.88 Å². The number of benzene rings is 2. The van der Waals surface area contributed by atoms with E-state index in [9.17, 15) is 8.78 Å². The number of aryl methyl sites for hydroxylation is 1. The predicted molar refractivity (Wildman–Crippen MR) is 87.4 cm³/mol. The van der Waals surface area contributed by atoms with Crippen LogP contribution in [0.3, 0.4) is 0 Å². The molecule has 0 saturated heterocycles. The van der Waals surface area contributed by atoms with Crippen molar-refractivity contribution in [1.82, 2.24) is 19.8 Å². The molecule has 0 aliphatic carbocycles. The molecule has 2 aromatic carbocycles. The Hall–Kier alpha value is -3.35. The largest absolute Gasteiger partial charge is 0.437 e. The summed E-state index contributed by atoms with van der Waals surface area (Å²) >= 11 is 0. The van der Waals surface area contributed by atoms with Gasteiger partial charge in [-0.05, 0) is 36.8 Å². The van der Waals surface area contributed by atoms with Crippen LogP contribution in [-0.4, -0.2) is 19.8 Å².